The maximum atomic E-state index is 9.94. The number of carbonyl (C=O) groups excluding carboxylic acids is 1. The van der Waals surface area contributed by atoms with E-state index in [0.29, 0.717) is 18.0 Å². The second-order valence-corrected chi connectivity index (χ2v) is 2.26. The number of aliphatic hydroxyl groups excluding tert-OH is 1. The van der Waals surface area contributed by atoms with E-state index in [2.05, 4.69) is 4.74 Å². The molecule has 4 nitrogen and oxygen atoms in total. The molecule has 1 aromatic carbocycles. The molecule has 70 valence electrons. The molecule has 0 saturated carbocycles. The van der Waals surface area contributed by atoms with E-state index < -0.39 is 0 Å². The molecule has 0 unspecified atom stereocenters. The molecule has 0 fully saturated rings. The van der Waals surface area contributed by atoms with Crippen LogP contribution in [0.1, 0.15) is 0 Å². The second-order valence-electron chi connectivity index (χ2n) is 2.26. The van der Waals surface area contributed by atoms with Crippen molar-refractivity contribution in [2.45, 2.75) is 0 Å². The average molecular weight is 182 g/mol. The summed E-state index contributed by atoms with van der Waals surface area (Å²) >= 11 is 0. The van der Waals surface area contributed by atoms with Crippen LogP contribution in [-0.2, 0) is 4.79 Å². The van der Waals surface area contributed by atoms with Crippen molar-refractivity contribution in [3.05, 3.63) is 24.3 Å². The molecule has 0 aromatic heterocycles. The molecule has 4 heteroatoms. The Morgan fingerprint density at radius 1 is 1.23 bits per heavy atom. The first kappa shape index (κ1) is 9.54. The summed E-state index contributed by atoms with van der Waals surface area (Å²) in [6.07, 6.45) is 0. The van der Waals surface area contributed by atoms with Crippen molar-refractivity contribution >= 4 is 6.47 Å². The minimum absolute atomic E-state index is 0.0212. The lowest BCUT2D eigenvalue weighted by molar-refractivity contribution is -0.120. The van der Waals surface area contributed by atoms with Crippen molar-refractivity contribution in [2.24, 2.45) is 0 Å². The summed E-state index contributed by atoms with van der Waals surface area (Å²) in [7, 11) is 0. The highest BCUT2D eigenvalue weighted by atomic mass is 16.5. The normalized spacial score (nSPS) is 9.31. The molecule has 1 rings (SSSR count). The number of rotatable bonds is 5. The second kappa shape index (κ2) is 5.16. The van der Waals surface area contributed by atoms with Gasteiger partial charge in [0.2, 0.25) is 0 Å². The van der Waals surface area contributed by atoms with E-state index in [4.69, 9.17) is 9.84 Å². The summed E-state index contributed by atoms with van der Waals surface area (Å²) in [6, 6.07) is 6.55. The van der Waals surface area contributed by atoms with E-state index in [-0.39, 0.29) is 13.2 Å². The van der Waals surface area contributed by atoms with E-state index in [1.807, 2.05) is 0 Å². The first-order valence-electron chi connectivity index (χ1n) is 3.81. The van der Waals surface area contributed by atoms with Gasteiger partial charge < -0.3 is 14.6 Å². The molecule has 0 saturated heterocycles. The zero-order valence-electron chi connectivity index (χ0n) is 6.97. The molecule has 1 N–H and O–H groups in total. The molecule has 1 aromatic rings. The Bertz CT molecular complexity index is 255. The van der Waals surface area contributed by atoms with E-state index in [0.717, 1.165) is 0 Å². The lowest BCUT2D eigenvalue weighted by Crippen LogP contribution is -2.01. The Morgan fingerprint density at radius 3 is 2.38 bits per heavy atom. The number of carbonyl (C=O) groups is 1. The molecule has 0 aliphatic carbocycles. The first-order chi connectivity index (χ1) is 6.36. The Labute approximate surface area is 75.7 Å². The van der Waals surface area contributed by atoms with Crippen LogP contribution in [0.15, 0.2) is 24.3 Å². The molecule has 0 heterocycles. The van der Waals surface area contributed by atoms with Crippen molar-refractivity contribution in [1.29, 1.82) is 0 Å². The van der Waals surface area contributed by atoms with E-state index in [9.17, 15) is 4.79 Å². The number of hydrogen-bond acceptors (Lipinski definition) is 4. The predicted molar refractivity (Wildman–Crippen MR) is 45.7 cm³/mol. The van der Waals surface area contributed by atoms with Crippen molar-refractivity contribution in [2.75, 3.05) is 13.2 Å². The number of aliphatic hydroxyl groups is 1. The SMILES string of the molecule is O=COc1ccc(OCCO)cc1. The summed E-state index contributed by atoms with van der Waals surface area (Å²) in [5.41, 5.74) is 0. The standard InChI is InChI=1S/C9H10O4/c10-5-6-12-8-1-3-9(4-2-8)13-7-11/h1-4,7,10H,5-6H2. The molecule has 0 radical (unpaired) electrons. The van der Waals surface area contributed by atoms with Crippen LogP contribution in [-0.4, -0.2) is 24.8 Å². The smallest absolute Gasteiger partial charge is 0.298 e. The molecule has 0 aliphatic rings. The van der Waals surface area contributed by atoms with Crippen molar-refractivity contribution in [1.82, 2.24) is 0 Å². The van der Waals surface area contributed by atoms with Gasteiger partial charge in [0.15, 0.2) is 0 Å². The maximum absolute atomic E-state index is 9.94. The quantitative estimate of drug-likeness (QED) is 0.677. The van der Waals surface area contributed by atoms with Gasteiger partial charge >= 0.3 is 0 Å². The lowest BCUT2D eigenvalue weighted by atomic mass is 10.3. The summed E-state index contributed by atoms with van der Waals surface area (Å²) in [4.78, 5) is 9.94. The highest BCUT2D eigenvalue weighted by molar-refractivity contribution is 5.45. The molecule has 13 heavy (non-hydrogen) atoms. The first-order valence-corrected chi connectivity index (χ1v) is 3.81. The monoisotopic (exact) mass is 182 g/mol. The lowest BCUT2D eigenvalue weighted by Gasteiger charge is -2.03. The van der Waals surface area contributed by atoms with Gasteiger partial charge in [-0.25, -0.2) is 0 Å². The Kier molecular flexibility index (Phi) is 3.78. The van der Waals surface area contributed by atoms with Crippen molar-refractivity contribution < 1.29 is 19.4 Å². The zero-order valence-corrected chi connectivity index (χ0v) is 6.97. The van der Waals surface area contributed by atoms with Crippen LogP contribution in [0.25, 0.3) is 0 Å². The molecule has 0 spiro atoms. The van der Waals surface area contributed by atoms with Gasteiger partial charge in [0, 0.05) is 0 Å². The van der Waals surface area contributed by atoms with Crippen LogP contribution < -0.4 is 9.47 Å². The number of benzene rings is 1. The molecule has 0 atom stereocenters. The van der Waals surface area contributed by atoms with Crippen LogP contribution in [0.5, 0.6) is 11.5 Å². The van der Waals surface area contributed by atoms with Crippen LogP contribution in [0, 0.1) is 0 Å². The zero-order chi connectivity index (χ0) is 9.52. The van der Waals surface area contributed by atoms with Crippen molar-refractivity contribution in [3.8, 4) is 11.5 Å². The van der Waals surface area contributed by atoms with E-state index in [1.165, 1.54) is 0 Å². The van der Waals surface area contributed by atoms with Crippen LogP contribution >= 0.6 is 0 Å². The largest absolute Gasteiger partial charge is 0.491 e. The predicted octanol–water partition coefficient (Wildman–Crippen LogP) is 0.593. The van der Waals surface area contributed by atoms with Gasteiger partial charge in [0.1, 0.15) is 18.1 Å². The number of ether oxygens (including phenoxy) is 2. The fourth-order valence-electron chi connectivity index (χ4n) is 0.833. The molecular formula is C9H10O4. The van der Waals surface area contributed by atoms with Gasteiger partial charge in [-0.2, -0.15) is 0 Å². The fourth-order valence-corrected chi connectivity index (χ4v) is 0.833. The summed E-state index contributed by atoms with van der Waals surface area (Å²) in [6.45, 7) is 0.601. The van der Waals surface area contributed by atoms with Crippen LogP contribution in [0.3, 0.4) is 0 Å². The third-order valence-corrected chi connectivity index (χ3v) is 1.37. The molecular weight excluding hydrogens is 172 g/mol. The van der Waals surface area contributed by atoms with Crippen LogP contribution in [0.2, 0.25) is 0 Å². The topological polar surface area (TPSA) is 55.8 Å². The van der Waals surface area contributed by atoms with Gasteiger partial charge in [0.05, 0.1) is 6.61 Å². The maximum Gasteiger partial charge on any atom is 0.298 e. The highest BCUT2D eigenvalue weighted by Gasteiger charge is 1.94. The van der Waals surface area contributed by atoms with Gasteiger partial charge in [-0.3, -0.25) is 4.79 Å². The highest BCUT2D eigenvalue weighted by Crippen LogP contribution is 2.16. The van der Waals surface area contributed by atoms with Gasteiger partial charge in [-0.05, 0) is 24.3 Å². The average Bonchev–Trinajstić information content (AvgIpc) is 2.17. The van der Waals surface area contributed by atoms with Gasteiger partial charge in [0.25, 0.3) is 6.47 Å². The number of hydrogen-bond donors (Lipinski definition) is 1. The summed E-state index contributed by atoms with van der Waals surface area (Å²) in [5, 5.41) is 8.47. The van der Waals surface area contributed by atoms with Crippen LogP contribution in [0.4, 0.5) is 0 Å². The van der Waals surface area contributed by atoms with E-state index in [1.54, 1.807) is 24.3 Å². The van der Waals surface area contributed by atoms with E-state index >= 15 is 0 Å². The van der Waals surface area contributed by atoms with Crippen molar-refractivity contribution in [3.63, 3.8) is 0 Å². The third kappa shape index (κ3) is 3.13. The Hall–Kier alpha value is -1.55. The van der Waals surface area contributed by atoms with Gasteiger partial charge in [-0.15, -0.1) is 0 Å². The molecule has 0 bridgehead atoms. The molecule has 0 aliphatic heterocycles. The minimum atomic E-state index is -0.0212. The Morgan fingerprint density at radius 2 is 1.85 bits per heavy atom. The fraction of sp³-hybridized carbons (Fsp3) is 0.222. The molecule has 0 amide bonds. The minimum Gasteiger partial charge on any atom is -0.491 e. The summed E-state index contributed by atoms with van der Waals surface area (Å²) < 4.78 is 9.67. The van der Waals surface area contributed by atoms with Gasteiger partial charge in [-0.1, -0.05) is 0 Å². The summed E-state index contributed by atoms with van der Waals surface area (Å²) in [5.74, 6) is 1.10. The third-order valence-electron chi connectivity index (χ3n) is 1.37. The Balaban J connectivity index is 2.53.